The highest BCUT2D eigenvalue weighted by atomic mass is 35.5. The van der Waals surface area contributed by atoms with Crippen molar-refractivity contribution in [2.75, 3.05) is 12.4 Å². The number of halogens is 1. The molecule has 3 rings (SSSR count). The van der Waals surface area contributed by atoms with Gasteiger partial charge in [0.15, 0.2) is 0 Å². The Labute approximate surface area is 127 Å². The van der Waals surface area contributed by atoms with Crippen LogP contribution < -0.4 is 10.1 Å². The number of ether oxygens (including phenoxy) is 1. The van der Waals surface area contributed by atoms with Crippen LogP contribution in [0.15, 0.2) is 36.4 Å². The molecule has 0 radical (unpaired) electrons. The first-order chi connectivity index (χ1) is 10.2. The van der Waals surface area contributed by atoms with Gasteiger partial charge in [0.2, 0.25) is 17.7 Å². The summed E-state index contributed by atoms with van der Waals surface area (Å²) >= 11 is 5.85. The number of methoxy groups -OCH3 is 1. The molecule has 0 bridgehead atoms. The van der Waals surface area contributed by atoms with Gasteiger partial charge in [0, 0.05) is 12.0 Å². The largest absolute Gasteiger partial charge is 0.481 e. The van der Waals surface area contributed by atoms with Gasteiger partial charge in [-0.1, -0.05) is 41.9 Å². The smallest absolute Gasteiger partial charge is 0.234 e. The van der Waals surface area contributed by atoms with Crippen LogP contribution in [0.2, 0.25) is 5.15 Å². The minimum Gasteiger partial charge on any atom is -0.481 e. The van der Waals surface area contributed by atoms with Gasteiger partial charge in [-0.05, 0) is 17.9 Å². The van der Waals surface area contributed by atoms with Gasteiger partial charge >= 0.3 is 0 Å². The lowest BCUT2D eigenvalue weighted by atomic mass is 10.1. The predicted molar refractivity (Wildman–Crippen MR) is 79.5 cm³/mol. The van der Waals surface area contributed by atoms with Crippen molar-refractivity contribution >= 4 is 23.5 Å². The molecule has 1 heterocycles. The molecule has 1 aliphatic carbocycles. The van der Waals surface area contributed by atoms with Crippen LogP contribution in [0.5, 0.6) is 5.88 Å². The van der Waals surface area contributed by atoms with Crippen molar-refractivity contribution in [3.63, 3.8) is 0 Å². The maximum Gasteiger partial charge on any atom is 0.234 e. The van der Waals surface area contributed by atoms with Crippen molar-refractivity contribution in [2.24, 2.45) is 5.92 Å². The van der Waals surface area contributed by atoms with E-state index < -0.39 is 0 Å². The lowest BCUT2D eigenvalue weighted by Gasteiger charge is -2.06. The molecule has 0 saturated heterocycles. The number of carbonyl (C=O) groups is 1. The van der Waals surface area contributed by atoms with E-state index in [0.717, 1.165) is 6.42 Å². The van der Waals surface area contributed by atoms with Crippen LogP contribution in [0, 0.1) is 5.92 Å². The fourth-order valence-corrected chi connectivity index (χ4v) is 2.49. The molecule has 1 aromatic heterocycles. The number of nitrogens with one attached hydrogen (secondary N) is 1. The average molecular weight is 304 g/mol. The summed E-state index contributed by atoms with van der Waals surface area (Å²) in [6.07, 6.45) is 0.841. The number of nitrogens with zero attached hydrogens (tertiary/aromatic N) is 2. The lowest BCUT2D eigenvalue weighted by Crippen LogP contribution is -2.16. The highest BCUT2D eigenvalue weighted by Crippen LogP contribution is 2.47. The minimum atomic E-state index is -0.0897. The van der Waals surface area contributed by atoms with Crippen molar-refractivity contribution in [3.05, 3.63) is 47.1 Å². The first kappa shape index (κ1) is 13.8. The molecular formula is C15H14ClN3O2. The van der Waals surface area contributed by atoms with Crippen LogP contribution in [-0.4, -0.2) is 23.0 Å². The van der Waals surface area contributed by atoms with E-state index in [4.69, 9.17) is 16.3 Å². The summed E-state index contributed by atoms with van der Waals surface area (Å²) in [6.45, 7) is 0. The first-order valence-electron chi connectivity index (χ1n) is 6.62. The molecule has 0 spiro atoms. The van der Waals surface area contributed by atoms with E-state index in [9.17, 15) is 4.79 Å². The summed E-state index contributed by atoms with van der Waals surface area (Å²) in [5.41, 5.74) is 1.18. The fourth-order valence-electron chi connectivity index (χ4n) is 2.31. The summed E-state index contributed by atoms with van der Waals surface area (Å²) in [7, 11) is 1.48. The molecule has 2 unspecified atom stereocenters. The molecule has 1 fully saturated rings. The van der Waals surface area contributed by atoms with Crippen LogP contribution in [0.25, 0.3) is 0 Å². The Morgan fingerprint density at radius 2 is 2.10 bits per heavy atom. The van der Waals surface area contributed by atoms with Crippen molar-refractivity contribution < 1.29 is 9.53 Å². The SMILES string of the molecule is COc1cc(Cl)nc(NC(=O)C2CC2c2ccccc2)n1. The standard InChI is InChI=1S/C15H14ClN3O2/c1-21-13-8-12(16)17-15(18-13)19-14(20)11-7-10(11)9-5-3-2-4-6-9/h2-6,8,10-11H,7H2,1H3,(H,17,18,19,20). The minimum absolute atomic E-state index is 0.0408. The number of amides is 1. The fraction of sp³-hybridized carbons (Fsp3) is 0.267. The monoisotopic (exact) mass is 303 g/mol. The first-order valence-corrected chi connectivity index (χ1v) is 6.99. The van der Waals surface area contributed by atoms with Crippen LogP contribution >= 0.6 is 11.6 Å². The number of anilines is 1. The zero-order valence-electron chi connectivity index (χ0n) is 11.4. The molecule has 1 aliphatic rings. The maximum atomic E-state index is 12.2. The van der Waals surface area contributed by atoms with E-state index in [-0.39, 0.29) is 28.8 Å². The van der Waals surface area contributed by atoms with Crippen LogP contribution in [0.1, 0.15) is 17.9 Å². The van der Waals surface area contributed by atoms with Gasteiger partial charge in [0.25, 0.3) is 0 Å². The van der Waals surface area contributed by atoms with E-state index in [2.05, 4.69) is 15.3 Å². The molecule has 2 aromatic rings. The topological polar surface area (TPSA) is 64.1 Å². The quantitative estimate of drug-likeness (QED) is 0.882. The highest BCUT2D eigenvalue weighted by Gasteiger charge is 2.44. The van der Waals surface area contributed by atoms with Gasteiger partial charge < -0.3 is 4.74 Å². The second-order valence-corrected chi connectivity index (χ2v) is 5.29. The Morgan fingerprint density at radius 1 is 1.33 bits per heavy atom. The third-order valence-corrected chi connectivity index (χ3v) is 3.66. The van der Waals surface area contributed by atoms with Crippen molar-refractivity contribution in [1.29, 1.82) is 0 Å². The van der Waals surface area contributed by atoms with Gasteiger partial charge in [0.05, 0.1) is 7.11 Å². The van der Waals surface area contributed by atoms with Gasteiger partial charge in [0.1, 0.15) is 5.15 Å². The van der Waals surface area contributed by atoms with Crippen LogP contribution in [0.4, 0.5) is 5.95 Å². The Hall–Kier alpha value is -2.14. The average Bonchev–Trinajstić information content (AvgIpc) is 3.28. The van der Waals surface area contributed by atoms with Gasteiger partial charge in [-0.25, -0.2) is 4.98 Å². The predicted octanol–water partition coefficient (Wildman–Crippen LogP) is 2.88. The van der Waals surface area contributed by atoms with Crippen LogP contribution in [0.3, 0.4) is 0 Å². The Morgan fingerprint density at radius 3 is 2.81 bits per heavy atom. The summed E-state index contributed by atoms with van der Waals surface area (Å²) in [5.74, 6) is 0.630. The summed E-state index contributed by atoms with van der Waals surface area (Å²) in [6, 6.07) is 11.5. The zero-order valence-corrected chi connectivity index (χ0v) is 12.2. The van der Waals surface area contributed by atoms with E-state index in [1.54, 1.807) is 0 Å². The molecule has 1 aromatic carbocycles. The van der Waals surface area contributed by atoms with E-state index in [0.29, 0.717) is 5.88 Å². The highest BCUT2D eigenvalue weighted by molar-refractivity contribution is 6.29. The van der Waals surface area contributed by atoms with E-state index in [1.165, 1.54) is 18.7 Å². The molecule has 1 saturated carbocycles. The van der Waals surface area contributed by atoms with Crippen molar-refractivity contribution in [1.82, 2.24) is 9.97 Å². The number of hydrogen-bond acceptors (Lipinski definition) is 4. The molecule has 1 amide bonds. The second-order valence-electron chi connectivity index (χ2n) is 4.91. The number of hydrogen-bond donors (Lipinski definition) is 1. The van der Waals surface area contributed by atoms with Crippen molar-refractivity contribution in [2.45, 2.75) is 12.3 Å². The number of rotatable bonds is 4. The Kier molecular flexibility index (Phi) is 3.75. The molecule has 1 N–H and O–H groups in total. The van der Waals surface area contributed by atoms with Crippen molar-refractivity contribution in [3.8, 4) is 5.88 Å². The molecule has 108 valence electrons. The number of benzene rings is 1. The summed E-state index contributed by atoms with van der Waals surface area (Å²) in [4.78, 5) is 20.2. The molecule has 0 aliphatic heterocycles. The third kappa shape index (κ3) is 3.13. The van der Waals surface area contributed by atoms with E-state index >= 15 is 0 Å². The number of aromatic nitrogens is 2. The lowest BCUT2D eigenvalue weighted by molar-refractivity contribution is -0.117. The van der Waals surface area contributed by atoms with Gasteiger partial charge in [-0.3, -0.25) is 10.1 Å². The zero-order chi connectivity index (χ0) is 14.8. The maximum absolute atomic E-state index is 12.2. The normalized spacial score (nSPS) is 19.9. The van der Waals surface area contributed by atoms with E-state index in [1.807, 2.05) is 30.3 Å². The molecular weight excluding hydrogens is 290 g/mol. The number of carbonyl (C=O) groups excluding carboxylic acids is 1. The van der Waals surface area contributed by atoms with Gasteiger partial charge in [-0.2, -0.15) is 4.98 Å². The third-order valence-electron chi connectivity index (χ3n) is 3.47. The molecule has 5 nitrogen and oxygen atoms in total. The van der Waals surface area contributed by atoms with Gasteiger partial charge in [-0.15, -0.1) is 0 Å². The summed E-state index contributed by atoms with van der Waals surface area (Å²) in [5, 5.41) is 2.92. The summed E-state index contributed by atoms with van der Waals surface area (Å²) < 4.78 is 5.00. The molecule has 2 atom stereocenters. The second kappa shape index (κ2) is 5.69. The molecule has 21 heavy (non-hydrogen) atoms. The van der Waals surface area contributed by atoms with Crippen LogP contribution in [-0.2, 0) is 4.79 Å². The Bertz CT molecular complexity index is 663. The Balaban J connectivity index is 1.67. The molecule has 6 heteroatoms.